The van der Waals surface area contributed by atoms with Crippen LogP contribution in [-0.4, -0.2) is 32.8 Å². The van der Waals surface area contributed by atoms with E-state index in [2.05, 4.69) is 26.5 Å². The maximum Gasteiger partial charge on any atom is 0.260 e. The minimum absolute atomic E-state index is 0.173. The van der Waals surface area contributed by atoms with Gasteiger partial charge in [0.15, 0.2) is 0 Å². The Labute approximate surface area is 146 Å². The van der Waals surface area contributed by atoms with Crippen molar-refractivity contribution in [3.05, 3.63) is 28.7 Å². The molecular formula is C15H22BrN3O3S. The van der Waals surface area contributed by atoms with Crippen LogP contribution in [0.4, 0.5) is 5.69 Å². The molecule has 0 saturated heterocycles. The number of benzene rings is 1. The monoisotopic (exact) mass is 403 g/mol. The van der Waals surface area contributed by atoms with Crippen molar-refractivity contribution in [3.63, 3.8) is 0 Å². The summed E-state index contributed by atoms with van der Waals surface area (Å²) in [5.74, 6) is -0.501. The number of carbonyl (C=O) groups is 1. The third-order valence-corrected chi connectivity index (χ3v) is 4.85. The van der Waals surface area contributed by atoms with Gasteiger partial charge in [0.05, 0.1) is 11.9 Å². The summed E-state index contributed by atoms with van der Waals surface area (Å²) in [6.45, 7) is 7.39. The Morgan fingerprint density at radius 2 is 1.96 bits per heavy atom. The number of hydrogen-bond acceptors (Lipinski definition) is 4. The molecule has 1 aromatic carbocycles. The van der Waals surface area contributed by atoms with E-state index >= 15 is 0 Å². The van der Waals surface area contributed by atoms with Crippen LogP contribution in [0.1, 0.15) is 27.7 Å². The van der Waals surface area contributed by atoms with E-state index in [0.717, 1.165) is 20.7 Å². The molecule has 8 heteroatoms. The first-order chi connectivity index (χ1) is 10.4. The van der Waals surface area contributed by atoms with E-state index in [1.165, 1.54) is 0 Å². The van der Waals surface area contributed by atoms with Gasteiger partial charge in [0, 0.05) is 15.6 Å². The van der Waals surface area contributed by atoms with Crippen molar-refractivity contribution in [3.8, 4) is 0 Å². The van der Waals surface area contributed by atoms with Crippen LogP contribution in [0.5, 0.6) is 0 Å². The topological polar surface area (TPSA) is 78.8 Å². The minimum atomic E-state index is -3.59. The number of carbonyl (C=O) groups excluding carboxylic acids is 1. The van der Waals surface area contributed by atoms with Gasteiger partial charge in [-0.15, -0.1) is 0 Å². The Kier molecular flexibility index (Phi) is 6.35. The number of anilines is 1. The Morgan fingerprint density at radius 1 is 1.35 bits per heavy atom. The molecule has 0 unspecified atom stereocenters. The van der Waals surface area contributed by atoms with Crippen LogP contribution in [0.15, 0.2) is 33.8 Å². The number of hydrogen-bond donors (Lipinski definition) is 1. The first-order valence-electron chi connectivity index (χ1n) is 6.98. The molecule has 1 N–H and O–H groups in total. The molecular weight excluding hydrogens is 382 g/mol. The lowest BCUT2D eigenvalue weighted by Gasteiger charge is -2.22. The lowest BCUT2D eigenvalue weighted by atomic mass is 9.91. The second-order valence-electron chi connectivity index (χ2n) is 6.23. The van der Waals surface area contributed by atoms with Crippen LogP contribution >= 0.6 is 15.9 Å². The zero-order chi connectivity index (χ0) is 17.8. The van der Waals surface area contributed by atoms with Gasteiger partial charge in [-0.2, -0.15) is 5.10 Å². The van der Waals surface area contributed by atoms with Gasteiger partial charge in [-0.1, -0.05) is 42.8 Å². The number of halogens is 1. The summed E-state index contributed by atoms with van der Waals surface area (Å²) in [5, 5.41) is 4.03. The maximum atomic E-state index is 12.1. The van der Waals surface area contributed by atoms with Crippen molar-refractivity contribution in [1.82, 2.24) is 5.43 Å². The van der Waals surface area contributed by atoms with Crippen LogP contribution in [0.2, 0.25) is 0 Å². The summed E-state index contributed by atoms with van der Waals surface area (Å²) in [4.78, 5) is 12.1. The Hall–Kier alpha value is -1.41. The molecule has 0 radical (unpaired) electrons. The van der Waals surface area contributed by atoms with Gasteiger partial charge < -0.3 is 0 Å². The fraction of sp³-hybridized carbons (Fsp3) is 0.467. The van der Waals surface area contributed by atoms with Crippen molar-refractivity contribution in [2.45, 2.75) is 27.7 Å². The molecule has 0 heterocycles. The third kappa shape index (κ3) is 6.31. The number of nitrogens with zero attached hydrogens (tertiary/aromatic N) is 2. The van der Waals surface area contributed by atoms with E-state index in [1.807, 2.05) is 27.7 Å². The highest BCUT2D eigenvalue weighted by Gasteiger charge is 2.21. The molecule has 1 amide bonds. The highest BCUT2D eigenvalue weighted by Crippen LogP contribution is 2.22. The molecule has 23 heavy (non-hydrogen) atoms. The molecule has 0 aromatic heterocycles. The summed E-state index contributed by atoms with van der Waals surface area (Å²) >= 11 is 3.29. The highest BCUT2D eigenvalue weighted by molar-refractivity contribution is 9.10. The minimum Gasteiger partial charge on any atom is -0.271 e. The molecule has 1 rings (SSSR count). The average molecular weight is 404 g/mol. The summed E-state index contributed by atoms with van der Waals surface area (Å²) < 4.78 is 25.7. The lowest BCUT2D eigenvalue weighted by molar-refractivity contribution is -0.119. The molecule has 0 bridgehead atoms. The number of nitrogens with one attached hydrogen (secondary N) is 1. The number of amides is 1. The average Bonchev–Trinajstić information content (AvgIpc) is 2.39. The molecule has 0 aliphatic heterocycles. The Morgan fingerprint density at radius 3 is 2.43 bits per heavy atom. The molecule has 1 aromatic rings. The van der Waals surface area contributed by atoms with Crippen LogP contribution in [0, 0.1) is 5.41 Å². The fourth-order valence-corrected chi connectivity index (χ4v) is 2.75. The van der Waals surface area contributed by atoms with E-state index in [1.54, 1.807) is 24.3 Å². The lowest BCUT2D eigenvalue weighted by Crippen LogP contribution is -2.39. The second kappa shape index (κ2) is 7.44. The van der Waals surface area contributed by atoms with E-state index in [-0.39, 0.29) is 12.0 Å². The van der Waals surface area contributed by atoms with Gasteiger partial charge in [0.1, 0.15) is 6.54 Å². The van der Waals surface area contributed by atoms with Gasteiger partial charge >= 0.3 is 0 Å². The Balaban J connectivity index is 2.94. The summed E-state index contributed by atoms with van der Waals surface area (Å²) in [6.07, 6.45) is 1.06. The summed E-state index contributed by atoms with van der Waals surface area (Å²) in [7, 11) is -3.59. The fourth-order valence-electron chi connectivity index (χ4n) is 1.51. The molecule has 0 fully saturated rings. The van der Waals surface area contributed by atoms with Gasteiger partial charge in [-0.3, -0.25) is 9.10 Å². The highest BCUT2D eigenvalue weighted by atomic mass is 79.9. The van der Waals surface area contributed by atoms with Gasteiger partial charge in [-0.05, 0) is 25.1 Å². The Bertz CT molecular complexity index is 709. The first kappa shape index (κ1) is 19.6. The van der Waals surface area contributed by atoms with Crippen molar-refractivity contribution in [2.24, 2.45) is 10.5 Å². The van der Waals surface area contributed by atoms with Crippen LogP contribution in [-0.2, 0) is 14.8 Å². The molecule has 128 valence electrons. The first-order valence-corrected chi connectivity index (χ1v) is 9.62. The molecule has 0 aliphatic rings. The zero-order valence-electron chi connectivity index (χ0n) is 13.9. The normalized spacial score (nSPS) is 12.9. The number of sulfonamides is 1. The molecule has 6 nitrogen and oxygen atoms in total. The van der Waals surface area contributed by atoms with Crippen molar-refractivity contribution >= 4 is 43.3 Å². The van der Waals surface area contributed by atoms with Crippen molar-refractivity contribution in [2.75, 3.05) is 17.1 Å². The number of hydrazone groups is 1. The molecule has 0 saturated carbocycles. The van der Waals surface area contributed by atoms with E-state index in [0.29, 0.717) is 5.69 Å². The SMILES string of the molecule is C/C(=N/NC(=O)CN(c1cccc(Br)c1)S(C)(=O)=O)C(C)(C)C. The van der Waals surface area contributed by atoms with E-state index in [4.69, 9.17) is 0 Å². The van der Waals surface area contributed by atoms with Gasteiger partial charge in [-0.25, -0.2) is 13.8 Å². The largest absolute Gasteiger partial charge is 0.271 e. The van der Waals surface area contributed by atoms with Crippen LogP contribution in [0.3, 0.4) is 0 Å². The predicted molar refractivity (Wildman–Crippen MR) is 97.0 cm³/mol. The van der Waals surface area contributed by atoms with Crippen molar-refractivity contribution < 1.29 is 13.2 Å². The summed E-state index contributed by atoms with van der Waals surface area (Å²) in [6, 6.07) is 6.75. The standard InChI is InChI=1S/C15H22BrN3O3S/c1-11(15(2,3)4)17-18-14(20)10-19(23(5,21)22)13-8-6-7-12(16)9-13/h6-9H,10H2,1-5H3,(H,18,20)/b17-11-. The van der Waals surface area contributed by atoms with Gasteiger partial charge in [0.25, 0.3) is 5.91 Å². The number of rotatable bonds is 5. The molecule has 0 atom stereocenters. The quantitative estimate of drug-likeness (QED) is 0.606. The predicted octanol–water partition coefficient (Wildman–Crippen LogP) is 2.75. The smallest absolute Gasteiger partial charge is 0.260 e. The van der Waals surface area contributed by atoms with Crippen LogP contribution < -0.4 is 9.73 Å². The van der Waals surface area contributed by atoms with E-state index < -0.39 is 15.9 Å². The third-order valence-electron chi connectivity index (χ3n) is 3.22. The zero-order valence-corrected chi connectivity index (χ0v) is 16.3. The van der Waals surface area contributed by atoms with Crippen LogP contribution in [0.25, 0.3) is 0 Å². The van der Waals surface area contributed by atoms with E-state index in [9.17, 15) is 13.2 Å². The molecule has 0 spiro atoms. The second-order valence-corrected chi connectivity index (χ2v) is 9.05. The van der Waals surface area contributed by atoms with Crippen molar-refractivity contribution in [1.29, 1.82) is 0 Å². The summed E-state index contributed by atoms with van der Waals surface area (Å²) in [5.41, 5.74) is 3.39. The maximum absolute atomic E-state index is 12.1. The molecule has 0 aliphatic carbocycles. The van der Waals surface area contributed by atoms with Gasteiger partial charge in [0.2, 0.25) is 10.0 Å².